The predicted octanol–water partition coefficient (Wildman–Crippen LogP) is 6.06. The summed E-state index contributed by atoms with van der Waals surface area (Å²) >= 11 is 0. The lowest BCUT2D eigenvalue weighted by molar-refractivity contribution is -0.135. The van der Waals surface area contributed by atoms with Gasteiger partial charge < -0.3 is 9.88 Å². The maximum absolute atomic E-state index is 12.9. The van der Waals surface area contributed by atoms with Crippen LogP contribution >= 0.6 is 0 Å². The molecule has 158 valence electrons. The predicted molar refractivity (Wildman–Crippen MR) is 112 cm³/mol. The number of amidine groups is 1. The molecular formula is C23H30F3N3. The lowest BCUT2D eigenvalue weighted by Crippen LogP contribution is -2.36. The standard InChI is InChI=1S/C23H30F3N3/c1-4-20(29(3)14-23(24,25)26)28-16-7-6-10-22(2)12-15-13-27-19-9-5-8-17(21(15)19)18(22)11-16/h5,8-9,13,16,18,27H,4,6-7,10-12,14H2,1-3H3. The minimum atomic E-state index is -4.21. The molecule has 0 saturated heterocycles. The van der Waals surface area contributed by atoms with Crippen molar-refractivity contribution < 1.29 is 13.2 Å². The van der Waals surface area contributed by atoms with Crippen molar-refractivity contribution in [3.8, 4) is 0 Å². The van der Waals surface area contributed by atoms with E-state index in [2.05, 4.69) is 36.3 Å². The van der Waals surface area contributed by atoms with E-state index in [1.54, 1.807) is 0 Å². The van der Waals surface area contributed by atoms with Crippen molar-refractivity contribution in [2.75, 3.05) is 13.6 Å². The summed E-state index contributed by atoms with van der Waals surface area (Å²) in [6, 6.07) is 6.55. The van der Waals surface area contributed by atoms with E-state index in [1.807, 2.05) is 6.92 Å². The Balaban J connectivity index is 1.65. The molecule has 0 bridgehead atoms. The Hall–Kier alpha value is -1.98. The number of benzene rings is 1. The fraction of sp³-hybridized carbons (Fsp3) is 0.609. The van der Waals surface area contributed by atoms with Gasteiger partial charge in [0, 0.05) is 30.6 Å². The van der Waals surface area contributed by atoms with Crippen LogP contribution in [0.15, 0.2) is 29.4 Å². The van der Waals surface area contributed by atoms with Gasteiger partial charge in [0.25, 0.3) is 0 Å². The first kappa shape index (κ1) is 20.3. The summed E-state index contributed by atoms with van der Waals surface area (Å²) in [4.78, 5) is 9.55. The van der Waals surface area contributed by atoms with E-state index < -0.39 is 12.7 Å². The van der Waals surface area contributed by atoms with Gasteiger partial charge >= 0.3 is 6.18 Å². The third-order valence-electron chi connectivity index (χ3n) is 6.93. The quantitative estimate of drug-likeness (QED) is 0.488. The maximum atomic E-state index is 12.9. The molecule has 1 aromatic heterocycles. The van der Waals surface area contributed by atoms with Crippen molar-refractivity contribution in [2.24, 2.45) is 10.4 Å². The zero-order valence-electron chi connectivity index (χ0n) is 17.4. The summed E-state index contributed by atoms with van der Waals surface area (Å²) in [5, 5.41) is 1.35. The first-order chi connectivity index (χ1) is 13.7. The van der Waals surface area contributed by atoms with Crippen molar-refractivity contribution in [2.45, 2.75) is 70.5 Å². The van der Waals surface area contributed by atoms with E-state index in [9.17, 15) is 13.2 Å². The van der Waals surface area contributed by atoms with Crippen LogP contribution in [0.4, 0.5) is 13.2 Å². The molecule has 0 aliphatic heterocycles. The van der Waals surface area contributed by atoms with Crippen LogP contribution in [0.25, 0.3) is 10.9 Å². The molecule has 6 heteroatoms. The number of hydrogen-bond acceptors (Lipinski definition) is 1. The first-order valence-electron chi connectivity index (χ1n) is 10.6. The van der Waals surface area contributed by atoms with Gasteiger partial charge in [0.15, 0.2) is 0 Å². The topological polar surface area (TPSA) is 31.4 Å². The minimum Gasteiger partial charge on any atom is -0.361 e. The molecule has 1 N–H and O–H groups in total. The van der Waals surface area contributed by atoms with Crippen LogP contribution in [-0.4, -0.2) is 41.5 Å². The summed E-state index contributed by atoms with van der Waals surface area (Å²) in [5.74, 6) is 0.948. The van der Waals surface area contributed by atoms with Crippen LogP contribution in [0.3, 0.4) is 0 Å². The maximum Gasteiger partial charge on any atom is 0.405 e. The van der Waals surface area contributed by atoms with Crippen molar-refractivity contribution in [3.63, 3.8) is 0 Å². The molecule has 3 atom stereocenters. The SMILES string of the molecule is CCC(=NC1CCCC2(C)Cc3c[nH]c4cccc(c34)C2C1)N(C)CC(F)(F)F. The van der Waals surface area contributed by atoms with Gasteiger partial charge in [-0.1, -0.05) is 32.4 Å². The Morgan fingerprint density at radius 1 is 1.34 bits per heavy atom. The average molecular weight is 406 g/mol. The molecule has 2 aliphatic rings. The Labute approximate surface area is 170 Å². The van der Waals surface area contributed by atoms with Gasteiger partial charge in [0.1, 0.15) is 6.54 Å². The van der Waals surface area contributed by atoms with E-state index in [-0.39, 0.29) is 11.5 Å². The monoisotopic (exact) mass is 405 g/mol. The largest absolute Gasteiger partial charge is 0.405 e. The van der Waals surface area contributed by atoms with Gasteiger partial charge in [-0.2, -0.15) is 13.2 Å². The van der Waals surface area contributed by atoms with Crippen molar-refractivity contribution >= 4 is 16.7 Å². The number of aromatic nitrogens is 1. The molecule has 3 unspecified atom stereocenters. The number of fused-ring (bicyclic) bond motifs is 2. The average Bonchev–Trinajstić information content (AvgIpc) is 2.96. The van der Waals surface area contributed by atoms with Gasteiger partial charge in [-0.15, -0.1) is 0 Å². The molecule has 0 radical (unpaired) electrons. The highest BCUT2D eigenvalue weighted by molar-refractivity contribution is 5.88. The molecule has 1 heterocycles. The van der Waals surface area contributed by atoms with E-state index in [1.165, 1.54) is 34.0 Å². The van der Waals surface area contributed by atoms with Crippen molar-refractivity contribution in [1.82, 2.24) is 9.88 Å². The van der Waals surface area contributed by atoms with E-state index in [0.717, 1.165) is 32.1 Å². The zero-order chi connectivity index (χ0) is 20.8. The molecule has 1 fully saturated rings. The summed E-state index contributed by atoms with van der Waals surface area (Å²) in [6.07, 6.45) is 3.56. The van der Waals surface area contributed by atoms with Crippen molar-refractivity contribution in [1.29, 1.82) is 0 Å². The molecule has 1 aromatic carbocycles. The van der Waals surface area contributed by atoms with Gasteiger partial charge in [0.2, 0.25) is 0 Å². The molecule has 0 spiro atoms. The van der Waals surface area contributed by atoms with Crippen LogP contribution in [0.5, 0.6) is 0 Å². The fourth-order valence-electron chi connectivity index (χ4n) is 5.60. The second kappa shape index (κ2) is 7.37. The molecule has 2 aromatic rings. The smallest absolute Gasteiger partial charge is 0.361 e. The number of hydrogen-bond donors (Lipinski definition) is 1. The second-order valence-electron chi connectivity index (χ2n) is 9.12. The molecule has 3 nitrogen and oxygen atoms in total. The molecular weight excluding hydrogens is 375 g/mol. The normalized spacial score (nSPS) is 27.6. The van der Waals surface area contributed by atoms with E-state index in [0.29, 0.717) is 18.2 Å². The number of nitrogens with zero attached hydrogens (tertiary/aromatic N) is 2. The van der Waals surface area contributed by atoms with Gasteiger partial charge in [-0.3, -0.25) is 4.99 Å². The Morgan fingerprint density at radius 3 is 2.86 bits per heavy atom. The lowest BCUT2D eigenvalue weighted by atomic mass is 9.63. The number of aliphatic imine (C=N–C) groups is 1. The van der Waals surface area contributed by atoms with Crippen LogP contribution in [0, 0.1) is 5.41 Å². The third-order valence-corrected chi connectivity index (χ3v) is 6.93. The number of halogens is 3. The van der Waals surface area contributed by atoms with Crippen LogP contribution in [0.2, 0.25) is 0 Å². The Kier molecular flexibility index (Phi) is 5.16. The molecule has 2 aliphatic carbocycles. The van der Waals surface area contributed by atoms with Gasteiger partial charge in [0.05, 0.1) is 11.9 Å². The van der Waals surface area contributed by atoms with Crippen molar-refractivity contribution in [3.05, 3.63) is 35.5 Å². The second-order valence-corrected chi connectivity index (χ2v) is 9.12. The summed E-state index contributed by atoms with van der Waals surface area (Å²) in [7, 11) is 1.50. The molecule has 4 rings (SSSR count). The highest BCUT2D eigenvalue weighted by Gasteiger charge is 2.43. The number of aromatic amines is 1. The first-order valence-corrected chi connectivity index (χ1v) is 10.6. The number of H-pyrrole nitrogens is 1. The molecule has 1 saturated carbocycles. The van der Waals surface area contributed by atoms with Gasteiger partial charge in [-0.05, 0) is 54.2 Å². The fourth-order valence-corrected chi connectivity index (χ4v) is 5.60. The highest BCUT2D eigenvalue weighted by Crippen LogP contribution is 2.53. The van der Waals surface area contributed by atoms with Crippen LogP contribution < -0.4 is 0 Å². The Bertz CT molecular complexity index is 914. The third kappa shape index (κ3) is 3.90. The lowest BCUT2D eigenvalue weighted by Gasteiger charge is -2.41. The highest BCUT2D eigenvalue weighted by atomic mass is 19.4. The van der Waals surface area contributed by atoms with E-state index in [4.69, 9.17) is 4.99 Å². The summed E-state index contributed by atoms with van der Waals surface area (Å²) in [6.45, 7) is 3.33. The number of alkyl halides is 3. The Morgan fingerprint density at radius 2 is 2.14 bits per heavy atom. The molecule has 0 amide bonds. The number of nitrogens with one attached hydrogen (secondary N) is 1. The van der Waals surface area contributed by atoms with Crippen LogP contribution in [0.1, 0.15) is 63.0 Å². The zero-order valence-corrected chi connectivity index (χ0v) is 17.4. The van der Waals surface area contributed by atoms with Gasteiger partial charge in [-0.25, -0.2) is 0 Å². The number of rotatable bonds is 3. The van der Waals surface area contributed by atoms with Crippen LogP contribution in [-0.2, 0) is 6.42 Å². The minimum absolute atomic E-state index is 0.0724. The van der Waals surface area contributed by atoms with E-state index >= 15 is 0 Å². The molecule has 29 heavy (non-hydrogen) atoms. The summed E-state index contributed by atoms with van der Waals surface area (Å²) < 4.78 is 38.6. The summed E-state index contributed by atoms with van der Waals surface area (Å²) in [5.41, 5.74) is 4.15.